The first kappa shape index (κ1) is 25.1. The molecule has 5 rings (SSSR count). The Morgan fingerprint density at radius 3 is 2.68 bits per heavy atom. The number of likely N-dealkylation sites (N-methyl/N-ethyl adjacent to an activating group) is 1. The normalized spacial score (nSPS) is 20.9. The van der Waals surface area contributed by atoms with Crippen LogP contribution < -0.4 is 19.9 Å². The minimum Gasteiger partial charge on any atom is -0.494 e. The first-order chi connectivity index (χ1) is 17.6. The summed E-state index contributed by atoms with van der Waals surface area (Å²) in [6, 6.07) is 5.98. The van der Waals surface area contributed by atoms with Crippen molar-refractivity contribution in [1.29, 1.82) is 0 Å². The Morgan fingerprint density at radius 2 is 2.03 bits per heavy atom. The van der Waals surface area contributed by atoms with Gasteiger partial charge in [-0.1, -0.05) is 20.4 Å². The Labute approximate surface area is 219 Å². The fourth-order valence-corrected chi connectivity index (χ4v) is 5.53. The van der Waals surface area contributed by atoms with Crippen molar-refractivity contribution in [2.24, 2.45) is 5.92 Å². The standard InChI is InChI=1S/C28H37N7O2/c1-17(2)11-22-25-26(35-15-21(36-7)13-28(35,5)19(4)33(25)6)32-27(31-22)30-20-9-10-23(24(12-20)37-8)34-14-18(3)29-16-34/h9-10,12,14,16-17,21H,4,11,13,15H2,1-3,5-8H3,(H,30,31,32). The number of imidazole rings is 1. The van der Waals surface area contributed by atoms with E-state index in [1.165, 1.54) is 0 Å². The van der Waals surface area contributed by atoms with E-state index in [1.807, 2.05) is 35.9 Å². The highest BCUT2D eigenvalue weighted by molar-refractivity contribution is 5.80. The fraction of sp³-hybridized carbons (Fsp3) is 0.464. The highest BCUT2D eigenvalue weighted by atomic mass is 16.5. The monoisotopic (exact) mass is 503 g/mol. The summed E-state index contributed by atoms with van der Waals surface area (Å²) in [6.07, 6.45) is 5.57. The summed E-state index contributed by atoms with van der Waals surface area (Å²) in [6.45, 7) is 13.9. The first-order valence-corrected chi connectivity index (χ1v) is 12.7. The SMILES string of the molecule is C=C1N(C)c2c(CC(C)C)nc(Nc3ccc(-n4cnc(C)c4)c(OC)c3)nc2N2CC(OC)CC12C. The molecule has 4 heterocycles. The molecule has 0 aliphatic carbocycles. The Morgan fingerprint density at radius 1 is 1.24 bits per heavy atom. The maximum absolute atomic E-state index is 5.78. The smallest absolute Gasteiger partial charge is 0.229 e. The number of rotatable bonds is 7. The molecule has 0 radical (unpaired) electrons. The van der Waals surface area contributed by atoms with Crippen LogP contribution >= 0.6 is 0 Å². The first-order valence-electron chi connectivity index (χ1n) is 12.7. The molecule has 1 aromatic carbocycles. The second kappa shape index (κ2) is 9.37. The molecule has 0 spiro atoms. The third-order valence-corrected chi connectivity index (χ3v) is 7.52. The molecule has 37 heavy (non-hydrogen) atoms. The molecule has 3 aromatic rings. The molecule has 0 bridgehead atoms. The molecule has 0 saturated carbocycles. The van der Waals surface area contributed by atoms with Gasteiger partial charge in [-0.3, -0.25) is 0 Å². The Balaban J connectivity index is 1.56. The van der Waals surface area contributed by atoms with Crippen LogP contribution in [-0.2, 0) is 11.2 Å². The minimum absolute atomic E-state index is 0.115. The summed E-state index contributed by atoms with van der Waals surface area (Å²) in [5, 5.41) is 3.44. The van der Waals surface area contributed by atoms with Crippen molar-refractivity contribution in [3.8, 4) is 11.4 Å². The minimum atomic E-state index is -0.267. The van der Waals surface area contributed by atoms with Gasteiger partial charge in [-0.25, -0.2) is 9.97 Å². The van der Waals surface area contributed by atoms with E-state index in [1.54, 1.807) is 20.5 Å². The molecular weight excluding hydrogens is 466 g/mol. The van der Waals surface area contributed by atoms with Crippen LogP contribution in [-0.4, -0.2) is 59.0 Å². The van der Waals surface area contributed by atoms with Crippen molar-refractivity contribution >= 4 is 23.1 Å². The van der Waals surface area contributed by atoms with Gasteiger partial charge >= 0.3 is 0 Å². The third-order valence-electron chi connectivity index (χ3n) is 7.52. The van der Waals surface area contributed by atoms with Crippen molar-refractivity contribution in [1.82, 2.24) is 19.5 Å². The maximum atomic E-state index is 5.78. The molecule has 0 amide bonds. The van der Waals surface area contributed by atoms with Crippen LogP contribution in [0.15, 0.2) is 43.0 Å². The van der Waals surface area contributed by atoms with Gasteiger partial charge in [-0.05, 0) is 38.3 Å². The van der Waals surface area contributed by atoms with Gasteiger partial charge in [-0.15, -0.1) is 0 Å². The Hall–Kier alpha value is -3.59. The van der Waals surface area contributed by atoms with E-state index in [4.69, 9.17) is 19.4 Å². The average Bonchev–Trinajstić information content (AvgIpc) is 3.45. The number of fused-ring (bicyclic) bond motifs is 3. The van der Waals surface area contributed by atoms with Crippen molar-refractivity contribution in [2.75, 3.05) is 42.9 Å². The van der Waals surface area contributed by atoms with E-state index in [-0.39, 0.29) is 11.6 Å². The lowest BCUT2D eigenvalue weighted by Gasteiger charge is -2.47. The van der Waals surface area contributed by atoms with E-state index in [9.17, 15) is 0 Å². The number of hydrogen-bond donors (Lipinski definition) is 1. The topological polar surface area (TPSA) is 80.6 Å². The summed E-state index contributed by atoms with van der Waals surface area (Å²) >= 11 is 0. The van der Waals surface area contributed by atoms with Crippen molar-refractivity contribution < 1.29 is 9.47 Å². The van der Waals surface area contributed by atoms with Crippen molar-refractivity contribution in [2.45, 2.75) is 52.2 Å². The zero-order valence-corrected chi connectivity index (χ0v) is 22.9. The predicted octanol–water partition coefficient (Wildman–Crippen LogP) is 4.87. The van der Waals surface area contributed by atoms with Crippen LogP contribution in [0.25, 0.3) is 5.69 Å². The van der Waals surface area contributed by atoms with Crippen molar-refractivity contribution in [3.05, 3.63) is 54.4 Å². The highest BCUT2D eigenvalue weighted by Gasteiger charge is 2.51. The summed E-state index contributed by atoms with van der Waals surface area (Å²) in [5.74, 6) is 2.65. The Bertz CT molecular complexity index is 1330. The lowest BCUT2D eigenvalue weighted by Crippen LogP contribution is -2.52. The van der Waals surface area contributed by atoms with Gasteiger partial charge < -0.3 is 29.2 Å². The van der Waals surface area contributed by atoms with Gasteiger partial charge in [0, 0.05) is 50.8 Å². The molecule has 196 valence electrons. The molecule has 1 N–H and O–H groups in total. The number of benzene rings is 1. The number of methoxy groups -OCH3 is 2. The van der Waals surface area contributed by atoms with Gasteiger partial charge in [-0.2, -0.15) is 4.98 Å². The van der Waals surface area contributed by atoms with Crippen LogP contribution in [0.5, 0.6) is 5.75 Å². The molecule has 9 nitrogen and oxygen atoms in total. The lowest BCUT2D eigenvalue weighted by molar-refractivity contribution is 0.115. The van der Waals surface area contributed by atoms with Crippen LogP contribution in [0.3, 0.4) is 0 Å². The van der Waals surface area contributed by atoms with Gasteiger partial charge in [0.15, 0.2) is 5.82 Å². The van der Waals surface area contributed by atoms with Crippen LogP contribution in [0.4, 0.5) is 23.1 Å². The summed E-state index contributed by atoms with van der Waals surface area (Å²) in [4.78, 5) is 18.9. The Kier molecular flexibility index (Phi) is 6.35. The van der Waals surface area contributed by atoms with Crippen LogP contribution in [0.2, 0.25) is 0 Å². The molecule has 1 saturated heterocycles. The zero-order valence-electron chi connectivity index (χ0n) is 22.9. The van der Waals surface area contributed by atoms with E-state index in [0.717, 1.165) is 65.1 Å². The number of nitrogens with zero attached hydrogens (tertiary/aromatic N) is 6. The molecular formula is C28H37N7O2. The van der Waals surface area contributed by atoms with E-state index in [0.29, 0.717) is 11.9 Å². The molecule has 2 atom stereocenters. The molecule has 2 aromatic heterocycles. The maximum Gasteiger partial charge on any atom is 0.229 e. The quantitative estimate of drug-likeness (QED) is 0.489. The van der Waals surface area contributed by atoms with Crippen molar-refractivity contribution in [3.63, 3.8) is 0 Å². The number of aromatic nitrogens is 4. The number of anilines is 4. The van der Waals surface area contributed by atoms with Crippen LogP contribution in [0, 0.1) is 12.8 Å². The van der Waals surface area contributed by atoms with Gasteiger partial charge in [0.1, 0.15) is 11.4 Å². The summed E-state index contributed by atoms with van der Waals surface area (Å²) in [7, 11) is 5.52. The number of ether oxygens (including phenoxy) is 2. The van der Waals surface area contributed by atoms with E-state index in [2.05, 4.69) is 54.5 Å². The largest absolute Gasteiger partial charge is 0.494 e. The van der Waals surface area contributed by atoms with E-state index >= 15 is 0 Å². The second-order valence-electron chi connectivity index (χ2n) is 10.7. The second-order valence-corrected chi connectivity index (χ2v) is 10.7. The zero-order chi connectivity index (χ0) is 26.5. The van der Waals surface area contributed by atoms with Gasteiger partial charge in [0.05, 0.1) is 42.2 Å². The van der Waals surface area contributed by atoms with Gasteiger partial charge in [0.2, 0.25) is 5.95 Å². The number of nitrogens with one attached hydrogen (secondary N) is 1. The summed E-state index contributed by atoms with van der Waals surface area (Å²) in [5.41, 5.74) is 5.52. The lowest BCUT2D eigenvalue weighted by atomic mass is 9.90. The average molecular weight is 504 g/mol. The fourth-order valence-electron chi connectivity index (χ4n) is 5.53. The number of hydrogen-bond acceptors (Lipinski definition) is 8. The third kappa shape index (κ3) is 4.31. The summed E-state index contributed by atoms with van der Waals surface area (Å²) < 4.78 is 13.4. The van der Waals surface area contributed by atoms with Crippen LogP contribution in [0.1, 0.15) is 38.6 Å². The molecule has 2 unspecified atom stereocenters. The molecule has 2 aliphatic heterocycles. The number of aryl methyl sites for hydroxylation is 1. The molecule has 2 aliphatic rings. The molecule has 9 heteroatoms. The highest BCUT2D eigenvalue weighted by Crippen LogP contribution is 2.50. The van der Waals surface area contributed by atoms with Gasteiger partial charge in [0.25, 0.3) is 0 Å². The van der Waals surface area contributed by atoms with E-state index < -0.39 is 0 Å². The predicted molar refractivity (Wildman–Crippen MR) is 147 cm³/mol. The molecule has 1 fully saturated rings.